The van der Waals surface area contributed by atoms with Crippen LogP contribution in [0.5, 0.6) is 0 Å². The second-order valence-corrected chi connectivity index (χ2v) is 2.39. The van der Waals surface area contributed by atoms with Gasteiger partial charge in [-0.1, -0.05) is 18.7 Å². The van der Waals surface area contributed by atoms with Crippen molar-refractivity contribution < 1.29 is 0 Å². The fourth-order valence-corrected chi connectivity index (χ4v) is 1.17. The lowest BCUT2D eigenvalue weighted by molar-refractivity contribution is 1.95. The van der Waals surface area contributed by atoms with Gasteiger partial charge < -0.3 is 0 Å². The minimum absolute atomic E-state index is 1.07. The molecule has 1 aromatic heterocycles. The van der Waals surface area contributed by atoms with E-state index >= 15 is 0 Å². The zero-order valence-electron chi connectivity index (χ0n) is 4.09. The van der Waals surface area contributed by atoms with E-state index in [1.165, 1.54) is 0 Å². The Balaban J connectivity index is 2.88. The van der Waals surface area contributed by atoms with Crippen LogP contribution in [-0.4, -0.2) is 0 Å². The molecule has 1 rings (SSSR count). The Hall–Kier alpha value is -0.390. The SMILES string of the molecule is SC#Cc1cccs1. The van der Waals surface area contributed by atoms with Gasteiger partial charge in [0.1, 0.15) is 0 Å². The summed E-state index contributed by atoms with van der Waals surface area (Å²) in [5, 5.41) is 4.52. The number of thiophene rings is 1. The Kier molecular flexibility index (Phi) is 2.01. The lowest BCUT2D eigenvalue weighted by Crippen LogP contribution is -1.52. The van der Waals surface area contributed by atoms with Gasteiger partial charge in [0.15, 0.2) is 0 Å². The molecule has 0 aromatic carbocycles. The second-order valence-electron chi connectivity index (χ2n) is 1.21. The molecule has 0 N–H and O–H groups in total. The molecule has 8 heavy (non-hydrogen) atoms. The number of hydrogen-bond donors (Lipinski definition) is 1. The summed E-state index contributed by atoms with van der Waals surface area (Å²) in [6.07, 6.45) is 0. The van der Waals surface area contributed by atoms with Gasteiger partial charge >= 0.3 is 0 Å². The molecule has 40 valence electrons. The van der Waals surface area contributed by atoms with E-state index < -0.39 is 0 Å². The molecule has 0 radical (unpaired) electrons. The number of thiol groups is 1. The quantitative estimate of drug-likeness (QED) is 0.413. The Morgan fingerprint density at radius 3 is 3.00 bits per heavy atom. The van der Waals surface area contributed by atoms with Gasteiger partial charge in [-0.15, -0.1) is 11.3 Å². The van der Waals surface area contributed by atoms with Gasteiger partial charge in [0.05, 0.1) is 4.88 Å². The van der Waals surface area contributed by atoms with Crippen LogP contribution in [0.2, 0.25) is 0 Å². The van der Waals surface area contributed by atoms with E-state index in [2.05, 4.69) is 23.8 Å². The highest BCUT2D eigenvalue weighted by Gasteiger charge is 1.80. The monoisotopic (exact) mass is 140 g/mol. The molecule has 0 atom stereocenters. The van der Waals surface area contributed by atoms with Crippen molar-refractivity contribution in [2.24, 2.45) is 0 Å². The molecule has 0 aliphatic heterocycles. The van der Waals surface area contributed by atoms with Crippen LogP contribution in [0.3, 0.4) is 0 Å². The van der Waals surface area contributed by atoms with Crippen LogP contribution in [0.1, 0.15) is 4.88 Å². The third-order valence-electron chi connectivity index (χ3n) is 0.700. The van der Waals surface area contributed by atoms with Crippen LogP contribution in [-0.2, 0) is 0 Å². The van der Waals surface area contributed by atoms with E-state index in [9.17, 15) is 0 Å². The van der Waals surface area contributed by atoms with Crippen LogP contribution in [0, 0.1) is 11.2 Å². The van der Waals surface area contributed by atoms with Crippen molar-refractivity contribution in [1.29, 1.82) is 0 Å². The lowest BCUT2D eigenvalue weighted by atomic mass is 10.5. The summed E-state index contributed by atoms with van der Waals surface area (Å²) < 4.78 is 0. The van der Waals surface area contributed by atoms with Gasteiger partial charge in [-0.2, -0.15) is 0 Å². The summed E-state index contributed by atoms with van der Waals surface area (Å²) in [5.41, 5.74) is 0. The van der Waals surface area contributed by atoms with Gasteiger partial charge in [0, 0.05) is 0 Å². The maximum Gasteiger partial charge on any atom is 0.0777 e. The third-order valence-corrected chi connectivity index (χ3v) is 1.60. The van der Waals surface area contributed by atoms with E-state index in [0.29, 0.717) is 0 Å². The Labute approximate surface area is 58.0 Å². The van der Waals surface area contributed by atoms with Crippen LogP contribution in [0.25, 0.3) is 0 Å². The average molecular weight is 140 g/mol. The minimum Gasteiger partial charge on any atom is -0.135 e. The van der Waals surface area contributed by atoms with E-state index in [1.807, 2.05) is 17.5 Å². The maximum atomic E-state index is 3.75. The standard InChI is InChI=1S/C6H4S2/c7-4-3-6-2-1-5-8-6/h1-2,5,7H. The molecule has 0 bridgehead atoms. The van der Waals surface area contributed by atoms with E-state index in [0.717, 1.165) is 4.88 Å². The first-order valence-electron chi connectivity index (χ1n) is 2.12. The van der Waals surface area contributed by atoms with Crippen molar-refractivity contribution in [3.63, 3.8) is 0 Å². The second kappa shape index (κ2) is 2.81. The highest BCUT2D eigenvalue weighted by molar-refractivity contribution is 7.85. The first kappa shape index (κ1) is 5.74. The number of rotatable bonds is 0. The molecular weight excluding hydrogens is 136 g/mol. The Bertz CT molecular complexity index is 200. The predicted octanol–water partition coefficient (Wildman–Crippen LogP) is 1.99. The van der Waals surface area contributed by atoms with E-state index in [-0.39, 0.29) is 0 Å². The fraction of sp³-hybridized carbons (Fsp3) is 0. The number of hydrogen-bond acceptors (Lipinski definition) is 2. The molecule has 0 fully saturated rings. The van der Waals surface area contributed by atoms with Crippen LogP contribution in [0.15, 0.2) is 17.5 Å². The molecule has 1 aromatic rings. The molecular formula is C6H4S2. The topological polar surface area (TPSA) is 0 Å². The molecule has 0 aliphatic carbocycles. The Morgan fingerprint density at radius 1 is 1.62 bits per heavy atom. The first-order valence-corrected chi connectivity index (χ1v) is 3.45. The lowest BCUT2D eigenvalue weighted by Gasteiger charge is -1.68. The molecule has 0 saturated carbocycles. The highest BCUT2D eigenvalue weighted by atomic mass is 32.1. The van der Waals surface area contributed by atoms with E-state index in [4.69, 9.17) is 0 Å². The van der Waals surface area contributed by atoms with Gasteiger partial charge in [0.25, 0.3) is 0 Å². The van der Waals surface area contributed by atoms with Crippen molar-refractivity contribution in [3.8, 4) is 11.2 Å². The molecule has 0 spiro atoms. The summed E-state index contributed by atoms with van der Waals surface area (Å²) in [4.78, 5) is 1.07. The van der Waals surface area contributed by atoms with E-state index in [1.54, 1.807) is 11.3 Å². The molecule has 0 saturated heterocycles. The largest absolute Gasteiger partial charge is 0.135 e. The van der Waals surface area contributed by atoms with Crippen molar-refractivity contribution in [3.05, 3.63) is 22.4 Å². The van der Waals surface area contributed by atoms with Crippen LogP contribution >= 0.6 is 24.0 Å². The molecule has 2 heteroatoms. The molecule has 0 unspecified atom stereocenters. The molecule has 0 amide bonds. The highest BCUT2D eigenvalue weighted by Crippen LogP contribution is 2.05. The Morgan fingerprint density at radius 2 is 2.50 bits per heavy atom. The first-order chi connectivity index (χ1) is 3.93. The third kappa shape index (κ3) is 1.29. The van der Waals surface area contributed by atoms with Crippen molar-refractivity contribution in [1.82, 2.24) is 0 Å². The normalized spacial score (nSPS) is 7.62. The minimum atomic E-state index is 1.07. The fourth-order valence-electron chi connectivity index (χ4n) is 0.405. The zero-order valence-corrected chi connectivity index (χ0v) is 5.80. The summed E-state index contributed by atoms with van der Waals surface area (Å²) >= 11 is 5.38. The summed E-state index contributed by atoms with van der Waals surface area (Å²) in [7, 11) is 0. The van der Waals surface area contributed by atoms with Gasteiger partial charge in [-0.05, 0) is 22.6 Å². The summed E-state index contributed by atoms with van der Waals surface area (Å²) in [6, 6.07) is 3.94. The predicted molar refractivity (Wildman–Crippen MR) is 40.2 cm³/mol. The van der Waals surface area contributed by atoms with Crippen LogP contribution in [0.4, 0.5) is 0 Å². The smallest absolute Gasteiger partial charge is 0.0777 e. The van der Waals surface area contributed by atoms with Crippen LogP contribution < -0.4 is 0 Å². The molecule has 0 aliphatic rings. The molecule has 0 nitrogen and oxygen atoms in total. The molecule has 1 heterocycles. The maximum absolute atomic E-state index is 3.75. The summed E-state index contributed by atoms with van der Waals surface area (Å²) in [6.45, 7) is 0. The average Bonchev–Trinajstić information content (AvgIpc) is 2.19. The van der Waals surface area contributed by atoms with Crippen molar-refractivity contribution in [2.45, 2.75) is 0 Å². The van der Waals surface area contributed by atoms with Crippen molar-refractivity contribution >= 4 is 24.0 Å². The zero-order chi connectivity index (χ0) is 5.82. The van der Waals surface area contributed by atoms with Gasteiger partial charge in [-0.3, -0.25) is 0 Å². The van der Waals surface area contributed by atoms with Gasteiger partial charge in [-0.25, -0.2) is 0 Å². The van der Waals surface area contributed by atoms with Gasteiger partial charge in [0.2, 0.25) is 0 Å². The van der Waals surface area contributed by atoms with Crippen molar-refractivity contribution in [2.75, 3.05) is 0 Å². The summed E-state index contributed by atoms with van der Waals surface area (Å²) in [5.74, 6) is 2.82.